The summed E-state index contributed by atoms with van der Waals surface area (Å²) in [6.45, 7) is 0. The summed E-state index contributed by atoms with van der Waals surface area (Å²) < 4.78 is 14.7. The van der Waals surface area contributed by atoms with Gasteiger partial charge in [0.05, 0.1) is 6.10 Å². The van der Waals surface area contributed by atoms with Gasteiger partial charge in [-0.05, 0) is 52.4 Å². The first-order valence-electron chi connectivity index (χ1n) is 5.44. The fourth-order valence-corrected chi connectivity index (χ4v) is 2.42. The van der Waals surface area contributed by atoms with Crippen LogP contribution in [0.3, 0.4) is 0 Å². The number of hydrogen-bond donors (Lipinski definition) is 1. The van der Waals surface area contributed by atoms with Crippen molar-refractivity contribution in [3.05, 3.63) is 68.0 Å². The predicted molar refractivity (Wildman–Crippen MR) is 79.2 cm³/mol. The summed E-state index contributed by atoms with van der Waals surface area (Å²) in [5.41, 5.74) is 1.11. The van der Waals surface area contributed by atoms with E-state index < -0.39 is 11.9 Å². The lowest BCUT2D eigenvalue weighted by atomic mass is 10.0. The molecule has 0 heterocycles. The molecule has 0 aliphatic heterocycles. The molecule has 4 heteroatoms. The normalized spacial score (nSPS) is 12.4. The number of hydrogen-bond acceptors (Lipinski definition) is 1. The summed E-state index contributed by atoms with van der Waals surface area (Å²) in [6, 6.07) is 12.1. The van der Waals surface area contributed by atoms with E-state index in [1.54, 1.807) is 6.07 Å². The molecule has 0 spiro atoms. The van der Waals surface area contributed by atoms with E-state index in [0.717, 1.165) is 9.13 Å². The highest BCUT2D eigenvalue weighted by molar-refractivity contribution is 14.1. The minimum Gasteiger partial charge on any atom is -0.388 e. The number of rotatable bonds is 3. The van der Waals surface area contributed by atoms with E-state index >= 15 is 0 Å². The molecule has 1 nitrogen and oxygen atoms in total. The molecular weight excluding hydrogens is 366 g/mol. The molecule has 1 unspecified atom stereocenters. The molecule has 0 bridgehead atoms. The van der Waals surface area contributed by atoms with Crippen molar-refractivity contribution in [1.82, 2.24) is 0 Å². The minimum absolute atomic E-state index is 0.165. The van der Waals surface area contributed by atoms with E-state index in [1.807, 2.05) is 24.3 Å². The van der Waals surface area contributed by atoms with Crippen molar-refractivity contribution >= 4 is 34.2 Å². The molecule has 2 aromatic carbocycles. The maximum absolute atomic E-state index is 13.6. The van der Waals surface area contributed by atoms with Gasteiger partial charge in [0, 0.05) is 20.6 Å². The maximum atomic E-state index is 13.6. The van der Waals surface area contributed by atoms with Gasteiger partial charge >= 0.3 is 0 Å². The van der Waals surface area contributed by atoms with Gasteiger partial charge in [-0.3, -0.25) is 0 Å². The summed E-state index contributed by atoms with van der Waals surface area (Å²) in [5, 5.41) is 10.3. The zero-order valence-corrected chi connectivity index (χ0v) is 12.3. The second-order valence-electron chi connectivity index (χ2n) is 3.98. The molecule has 18 heavy (non-hydrogen) atoms. The largest absolute Gasteiger partial charge is 0.388 e. The zero-order chi connectivity index (χ0) is 13.1. The third kappa shape index (κ3) is 3.22. The highest BCUT2D eigenvalue weighted by atomic mass is 127. The molecule has 1 N–H and O–H groups in total. The lowest BCUT2D eigenvalue weighted by molar-refractivity contribution is 0.174. The fourth-order valence-electron chi connectivity index (χ4n) is 1.77. The lowest BCUT2D eigenvalue weighted by Crippen LogP contribution is -2.05. The summed E-state index contributed by atoms with van der Waals surface area (Å²) >= 11 is 8.12. The van der Waals surface area contributed by atoms with Gasteiger partial charge in [0.1, 0.15) is 5.82 Å². The SMILES string of the molecule is OC(Cc1ccc(I)cc1)c1c(F)cccc1Cl. The maximum Gasteiger partial charge on any atom is 0.130 e. The smallest absolute Gasteiger partial charge is 0.130 e. The van der Waals surface area contributed by atoms with E-state index in [9.17, 15) is 9.50 Å². The summed E-state index contributed by atoms with van der Waals surface area (Å²) in [4.78, 5) is 0. The number of aliphatic hydroxyl groups is 1. The Balaban J connectivity index is 2.22. The molecule has 0 aromatic heterocycles. The topological polar surface area (TPSA) is 20.2 Å². The van der Waals surface area contributed by atoms with Crippen molar-refractivity contribution < 1.29 is 9.50 Å². The summed E-state index contributed by atoms with van der Waals surface area (Å²) in [7, 11) is 0. The zero-order valence-electron chi connectivity index (χ0n) is 9.41. The summed E-state index contributed by atoms with van der Waals surface area (Å²) in [6.07, 6.45) is -0.587. The molecule has 2 aromatic rings. The molecule has 2 rings (SSSR count). The molecule has 0 amide bonds. The predicted octanol–water partition coefficient (Wildman–Crippen LogP) is 4.36. The second kappa shape index (κ2) is 5.99. The van der Waals surface area contributed by atoms with Crippen LogP contribution in [-0.4, -0.2) is 5.11 Å². The van der Waals surface area contributed by atoms with Crippen molar-refractivity contribution in [2.24, 2.45) is 0 Å². The van der Waals surface area contributed by atoms with Gasteiger partial charge in [-0.1, -0.05) is 29.8 Å². The standard InChI is InChI=1S/C14H11ClFIO/c15-11-2-1-3-12(16)14(11)13(18)8-9-4-6-10(17)7-5-9/h1-7,13,18H,8H2. The van der Waals surface area contributed by atoms with Crippen LogP contribution in [0, 0.1) is 9.39 Å². The van der Waals surface area contributed by atoms with Crippen LogP contribution in [0.1, 0.15) is 17.2 Å². The Kier molecular flexibility index (Phi) is 4.59. The first-order chi connectivity index (χ1) is 8.58. The van der Waals surface area contributed by atoms with Crippen LogP contribution in [0.15, 0.2) is 42.5 Å². The van der Waals surface area contributed by atoms with Gasteiger partial charge in [-0.2, -0.15) is 0 Å². The number of aliphatic hydroxyl groups excluding tert-OH is 1. The highest BCUT2D eigenvalue weighted by Gasteiger charge is 2.16. The van der Waals surface area contributed by atoms with Crippen molar-refractivity contribution in [2.75, 3.05) is 0 Å². The second-order valence-corrected chi connectivity index (χ2v) is 5.63. The van der Waals surface area contributed by atoms with Crippen LogP contribution in [0.2, 0.25) is 5.02 Å². The van der Waals surface area contributed by atoms with Gasteiger partial charge in [0.25, 0.3) is 0 Å². The van der Waals surface area contributed by atoms with Gasteiger partial charge in [0.2, 0.25) is 0 Å². The molecule has 0 aliphatic rings. The van der Waals surface area contributed by atoms with Crippen LogP contribution < -0.4 is 0 Å². The molecule has 0 saturated heterocycles. The van der Waals surface area contributed by atoms with E-state index in [4.69, 9.17) is 11.6 Å². The molecule has 0 saturated carbocycles. The Hall–Kier alpha value is -0.650. The molecule has 0 aliphatic carbocycles. The van der Waals surface area contributed by atoms with E-state index in [2.05, 4.69) is 22.6 Å². The first kappa shape index (κ1) is 13.8. The minimum atomic E-state index is -0.932. The average Bonchev–Trinajstić information content (AvgIpc) is 2.32. The van der Waals surface area contributed by atoms with Crippen LogP contribution in [0.4, 0.5) is 4.39 Å². The third-order valence-electron chi connectivity index (χ3n) is 2.68. The fraction of sp³-hybridized carbons (Fsp3) is 0.143. The van der Waals surface area contributed by atoms with E-state index in [0.29, 0.717) is 6.42 Å². The third-order valence-corrected chi connectivity index (χ3v) is 3.72. The van der Waals surface area contributed by atoms with Crippen molar-refractivity contribution in [2.45, 2.75) is 12.5 Å². The van der Waals surface area contributed by atoms with E-state index in [-0.39, 0.29) is 10.6 Å². The molecule has 0 radical (unpaired) electrons. The Morgan fingerprint density at radius 3 is 2.44 bits per heavy atom. The highest BCUT2D eigenvalue weighted by Crippen LogP contribution is 2.28. The lowest BCUT2D eigenvalue weighted by Gasteiger charge is -2.13. The van der Waals surface area contributed by atoms with E-state index in [1.165, 1.54) is 12.1 Å². The molecule has 0 fully saturated rings. The van der Waals surface area contributed by atoms with Crippen LogP contribution in [0.25, 0.3) is 0 Å². The van der Waals surface area contributed by atoms with Crippen molar-refractivity contribution in [3.63, 3.8) is 0 Å². The Bertz CT molecular complexity index is 522. The summed E-state index contributed by atoms with van der Waals surface area (Å²) in [5.74, 6) is -0.472. The first-order valence-corrected chi connectivity index (χ1v) is 6.90. The van der Waals surface area contributed by atoms with Gasteiger partial charge in [-0.25, -0.2) is 4.39 Å². The molecule has 1 atom stereocenters. The monoisotopic (exact) mass is 376 g/mol. The molecule has 94 valence electrons. The Morgan fingerprint density at radius 1 is 1.17 bits per heavy atom. The Morgan fingerprint density at radius 2 is 1.83 bits per heavy atom. The van der Waals surface area contributed by atoms with Crippen LogP contribution >= 0.6 is 34.2 Å². The number of benzene rings is 2. The number of halogens is 3. The van der Waals surface area contributed by atoms with Gasteiger partial charge in [-0.15, -0.1) is 0 Å². The quantitative estimate of drug-likeness (QED) is 0.789. The average molecular weight is 377 g/mol. The molecular formula is C14H11ClFIO. The van der Waals surface area contributed by atoms with Gasteiger partial charge in [0.15, 0.2) is 0 Å². The van der Waals surface area contributed by atoms with Gasteiger partial charge < -0.3 is 5.11 Å². The van der Waals surface area contributed by atoms with Crippen LogP contribution in [0.5, 0.6) is 0 Å². The van der Waals surface area contributed by atoms with Crippen molar-refractivity contribution in [1.29, 1.82) is 0 Å². The Labute approximate surface area is 124 Å². The van der Waals surface area contributed by atoms with Crippen molar-refractivity contribution in [3.8, 4) is 0 Å². The van der Waals surface area contributed by atoms with Crippen LogP contribution in [-0.2, 0) is 6.42 Å².